The average Bonchev–Trinajstić information content (AvgIpc) is 2.89. The van der Waals surface area contributed by atoms with Crippen molar-refractivity contribution in [3.8, 4) is 0 Å². The van der Waals surface area contributed by atoms with Crippen molar-refractivity contribution in [1.82, 2.24) is 5.32 Å². The summed E-state index contributed by atoms with van der Waals surface area (Å²) < 4.78 is 0.858. The smallest absolute Gasteiger partial charge is 0.0931 e. The van der Waals surface area contributed by atoms with Crippen LogP contribution in [0.4, 0.5) is 0 Å². The molecular formula is C13H16ClNS2. The van der Waals surface area contributed by atoms with Crippen molar-refractivity contribution in [2.24, 2.45) is 0 Å². The van der Waals surface area contributed by atoms with Crippen molar-refractivity contribution >= 4 is 34.3 Å². The molecule has 0 spiro atoms. The highest BCUT2D eigenvalue weighted by atomic mass is 35.5. The first-order valence-corrected chi connectivity index (χ1v) is 7.76. The van der Waals surface area contributed by atoms with Gasteiger partial charge >= 0.3 is 0 Å². The van der Waals surface area contributed by atoms with Gasteiger partial charge in [-0.3, -0.25) is 0 Å². The van der Waals surface area contributed by atoms with Gasteiger partial charge in [-0.25, -0.2) is 0 Å². The van der Waals surface area contributed by atoms with E-state index in [0.717, 1.165) is 17.3 Å². The van der Waals surface area contributed by atoms with Crippen LogP contribution in [0.3, 0.4) is 0 Å². The molecule has 1 atom stereocenters. The van der Waals surface area contributed by atoms with Gasteiger partial charge in [-0.15, -0.1) is 22.7 Å². The Kier molecular flexibility index (Phi) is 4.62. The van der Waals surface area contributed by atoms with E-state index in [0.29, 0.717) is 6.04 Å². The molecule has 0 fully saturated rings. The number of thiophene rings is 2. The first kappa shape index (κ1) is 13.1. The normalized spacial score (nSPS) is 12.9. The lowest BCUT2D eigenvalue weighted by Gasteiger charge is -2.15. The molecule has 1 N–H and O–H groups in total. The Morgan fingerprint density at radius 1 is 1.18 bits per heavy atom. The molecule has 2 aromatic heterocycles. The van der Waals surface area contributed by atoms with Gasteiger partial charge < -0.3 is 5.32 Å². The van der Waals surface area contributed by atoms with E-state index in [-0.39, 0.29) is 0 Å². The largest absolute Gasteiger partial charge is 0.305 e. The van der Waals surface area contributed by atoms with Crippen molar-refractivity contribution in [2.45, 2.75) is 26.3 Å². The molecule has 0 amide bonds. The maximum absolute atomic E-state index is 6.03. The summed E-state index contributed by atoms with van der Waals surface area (Å²) in [6.07, 6.45) is 1.14. The molecule has 1 nitrogen and oxygen atoms in total. The lowest BCUT2D eigenvalue weighted by molar-refractivity contribution is 0.613. The van der Waals surface area contributed by atoms with E-state index in [2.05, 4.69) is 37.4 Å². The highest BCUT2D eigenvalue weighted by Gasteiger charge is 2.16. The standard InChI is InChI=1S/C13H16ClNS2/c1-3-8-15-13(10-5-4-9(2)16-10)11-6-7-12(14)17-11/h4-7,13,15H,3,8H2,1-2H3. The predicted molar refractivity (Wildman–Crippen MR) is 78.5 cm³/mol. The van der Waals surface area contributed by atoms with Gasteiger partial charge in [-0.2, -0.15) is 0 Å². The Bertz CT molecular complexity index is 435. The molecule has 1 unspecified atom stereocenters. The van der Waals surface area contributed by atoms with Crippen molar-refractivity contribution in [3.05, 3.63) is 43.2 Å². The maximum Gasteiger partial charge on any atom is 0.0931 e. The Balaban J connectivity index is 2.24. The van der Waals surface area contributed by atoms with E-state index in [1.54, 1.807) is 11.3 Å². The minimum atomic E-state index is 0.297. The second-order valence-corrected chi connectivity index (χ2v) is 7.04. The van der Waals surface area contributed by atoms with Crippen LogP contribution in [0.2, 0.25) is 4.34 Å². The van der Waals surface area contributed by atoms with Gasteiger partial charge in [-0.05, 0) is 44.2 Å². The predicted octanol–water partition coefficient (Wildman–Crippen LogP) is 4.86. The fourth-order valence-electron chi connectivity index (χ4n) is 1.72. The zero-order chi connectivity index (χ0) is 12.3. The number of hydrogen-bond acceptors (Lipinski definition) is 3. The van der Waals surface area contributed by atoms with Crippen molar-refractivity contribution in [3.63, 3.8) is 0 Å². The summed E-state index contributed by atoms with van der Waals surface area (Å²) in [6.45, 7) is 5.36. The molecule has 0 radical (unpaired) electrons. The SMILES string of the molecule is CCCNC(c1ccc(C)s1)c1ccc(Cl)s1. The fraction of sp³-hybridized carbons (Fsp3) is 0.385. The number of halogens is 1. The summed E-state index contributed by atoms with van der Waals surface area (Å²) in [5.41, 5.74) is 0. The van der Waals surface area contributed by atoms with E-state index in [1.165, 1.54) is 14.6 Å². The van der Waals surface area contributed by atoms with Gasteiger partial charge in [0.15, 0.2) is 0 Å². The van der Waals surface area contributed by atoms with E-state index >= 15 is 0 Å². The quantitative estimate of drug-likeness (QED) is 0.827. The topological polar surface area (TPSA) is 12.0 Å². The first-order chi connectivity index (χ1) is 8.20. The van der Waals surface area contributed by atoms with Crippen LogP contribution in [0, 0.1) is 6.92 Å². The third kappa shape index (κ3) is 3.32. The van der Waals surface area contributed by atoms with Gasteiger partial charge in [0.1, 0.15) is 0 Å². The molecule has 0 bridgehead atoms. The molecule has 2 heterocycles. The molecule has 17 heavy (non-hydrogen) atoms. The van der Waals surface area contributed by atoms with E-state index in [1.807, 2.05) is 17.4 Å². The van der Waals surface area contributed by atoms with Crippen molar-refractivity contribution < 1.29 is 0 Å². The van der Waals surface area contributed by atoms with Crippen LogP contribution in [0.15, 0.2) is 24.3 Å². The molecule has 0 aliphatic heterocycles. The van der Waals surface area contributed by atoms with E-state index < -0.39 is 0 Å². The lowest BCUT2D eigenvalue weighted by atomic mass is 10.2. The van der Waals surface area contributed by atoms with Crippen LogP contribution in [-0.4, -0.2) is 6.54 Å². The van der Waals surface area contributed by atoms with E-state index in [4.69, 9.17) is 11.6 Å². The van der Waals surface area contributed by atoms with Crippen LogP contribution in [0.25, 0.3) is 0 Å². The molecule has 0 aromatic carbocycles. The van der Waals surface area contributed by atoms with Crippen LogP contribution in [-0.2, 0) is 0 Å². The Hall–Kier alpha value is -0.350. The molecule has 0 saturated heterocycles. The molecule has 0 aliphatic carbocycles. The number of hydrogen-bond donors (Lipinski definition) is 1. The van der Waals surface area contributed by atoms with Crippen molar-refractivity contribution in [2.75, 3.05) is 6.54 Å². The molecule has 92 valence electrons. The number of aryl methyl sites for hydroxylation is 1. The highest BCUT2D eigenvalue weighted by molar-refractivity contribution is 7.16. The summed E-state index contributed by atoms with van der Waals surface area (Å²) in [5.74, 6) is 0. The maximum atomic E-state index is 6.03. The fourth-order valence-corrected chi connectivity index (χ4v) is 3.92. The zero-order valence-electron chi connectivity index (χ0n) is 10.00. The second-order valence-electron chi connectivity index (χ2n) is 3.98. The highest BCUT2D eigenvalue weighted by Crippen LogP contribution is 2.34. The summed E-state index contributed by atoms with van der Waals surface area (Å²) in [6, 6.07) is 8.78. The van der Waals surface area contributed by atoms with Crippen LogP contribution in [0.5, 0.6) is 0 Å². The van der Waals surface area contributed by atoms with Crippen LogP contribution < -0.4 is 5.32 Å². The third-order valence-electron chi connectivity index (χ3n) is 2.52. The number of nitrogens with one attached hydrogen (secondary N) is 1. The van der Waals surface area contributed by atoms with Gasteiger partial charge in [-0.1, -0.05) is 18.5 Å². The van der Waals surface area contributed by atoms with Crippen LogP contribution in [0.1, 0.15) is 34.0 Å². The summed E-state index contributed by atoms with van der Waals surface area (Å²) in [7, 11) is 0. The minimum Gasteiger partial charge on any atom is -0.305 e. The van der Waals surface area contributed by atoms with Gasteiger partial charge in [0.25, 0.3) is 0 Å². The minimum absolute atomic E-state index is 0.297. The molecular weight excluding hydrogens is 270 g/mol. The number of rotatable bonds is 5. The van der Waals surface area contributed by atoms with Gasteiger partial charge in [0.05, 0.1) is 10.4 Å². The second kappa shape index (κ2) is 6.01. The molecule has 4 heteroatoms. The molecule has 0 aliphatic rings. The lowest BCUT2D eigenvalue weighted by Crippen LogP contribution is -2.21. The average molecular weight is 286 g/mol. The Morgan fingerprint density at radius 3 is 2.41 bits per heavy atom. The molecule has 0 saturated carbocycles. The molecule has 2 rings (SSSR count). The van der Waals surface area contributed by atoms with Gasteiger partial charge in [0.2, 0.25) is 0 Å². The van der Waals surface area contributed by atoms with Gasteiger partial charge in [0, 0.05) is 14.6 Å². The summed E-state index contributed by atoms with van der Waals surface area (Å²) >= 11 is 9.54. The van der Waals surface area contributed by atoms with Crippen LogP contribution >= 0.6 is 34.3 Å². The Morgan fingerprint density at radius 2 is 1.88 bits per heavy atom. The Labute approximate surface area is 115 Å². The third-order valence-corrected chi connectivity index (χ3v) is 4.88. The first-order valence-electron chi connectivity index (χ1n) is 5.75. The van der Waals surface area contributed by atoms with Crippen molar-refractivity contribution in [1.29, 1.82) is 0 Å². The zero-order valence-corrected chi connectivity index (χ0v) is 12.4. The molecule has 2 aromatic rings. The van der Waals surface area contributed by atoms with E-state index in [9.17, 15) is 0 Å². The summed E-state index contributed by atoms with van der Waals surface area (Å²) in [5, 5.41) is 3.59. The monoisotopic (exact) mass is 285 g/mol. The summed E-state index contributed by atoms with van der Waals surface area (Å²) in [4.78, 5) is 4.02.